The number of nitrogens with one attached hydrogen (secondary N) is 2. The number of sulfonamides is 1. The summed E-state index contributed by atoms with van der Waals surface area (Å²) in [5, 5.41) is 2.64. The lowest BCUT2D eigenvalue weighted by atomic mass is 10.2. The van der Waals surface area contributed by atoms with E-state index in [9.17, 15) is 18.0 Å². The van der Waals surface area contributed by atoms with Crippen LogP contribution in [0.2, 0.25) is 0 Å². The first-order valence-corrected chi connectivity index (χ1v) is 11.1. The molecule has 0 spiro atoms. The van der Waals surface area contributed by atoms with Crippen molar-refractivity contribution in [3.8, 4) is 5.75 Å². The van der Waals surface area contributed by atoms with Gasteiger partial charge in [-0.1, -0.05) is 19.1 Å². The molecular formula is C21H26N2O6S. The van der Waals surface area contributed by atoms with Gasteiger partial charge in [0.25, 0.3) is 15.9 Å². The lowest BCUT2D eigenvalue weighted by Gasteiger charge is -2.16. The van der Waals surface area contributed by atoms with E-state index in [0.29, 0.717) is 18.9 Å². The number of ether oxygens (including phenoxy) is 2. The molecule has 0 saturated carbocycles. The normalized spacial score (nSPS) is 12.0. The maximum Gasteiger partial charge on any atom is 0.341 e. The van der Waals surface area contributed by atoms with Gasteiger partial charge in [-0.25, -0.2) is 13.2 Å². The Morgan fingerprint density at radius 3 is 2.33 bits per heavy atom. The smallest absolute Gasteiger partial charge is 0.341 e. The SMILES string of the molecule is CCCNC(=O)C(C)OC(=O)c1ccccc1NS(=O)(=O)c1ccc(OCC)cc1. The zero-order valence-corrected chi connectivity index (χ0v) is 18.0. The Bertz CT molecular complexity index is 973. The molecule has 162 valence electrons. The number of carbonyl (C=O) groups excluding carboxylic acids is 2. The minimum Gasteiger partial charge on any atom is -0.494 e. The quantitative estimate of drug-likeness (QED) is 0.556. The molecule has 30 heavy (non-hydrogen) atoms. The van der Waals surface area contributed by atoms with Gasteiger partial charge in [-0.15, -0.1) is 0 Å². The Labute approximate surface area is 176 Å². The van der Waals surface area contributed by atoms with E-state index in [4.69, 9.17) is 9.47 Å². The number of para-hydroxylation sites is 1. The van der Waals surface area contributed by atoms with Gasteiger partial charge in [0, 0.05) is 6.54 Å². The molecule has 0 aliphatic carbocycles. The summed E-state index contributed by atoms with van der Waals surface area (Å²) in [6.07, 6.45) is -0.262. The first-order valence-electron chi connectivity index (χ1n) is 9.61. The molecule has 1 amide bonds. The van der Waals surface area contributed by atoms with E-state index in [-0.39, 0.29) is 16.1 Å². The summed E-state index contributed by atoms with van der Waals surface area (Å²) in [6, 6.07) is 12.0. The summed E-state index contributed by atoms with van der Waals surface area (Å²) in [7, 11) is -3.95. The molecule has 2 N–H and O–H groups in total. The summed E-state index contributed by atoms with van der Waals surface area (Å²) in [5.41, 5.74) is 0.0553. The van der Waals surface area contributed by atoms with Gasteiger partial charge in [-0.05, 0) is 56.7 Å². The Hall–Kier alpha value is -3.07. The van der Waals surface area contributed by atoms with Crippen LogP contribution in [0.1, 0.15) is 37.6 Å². The van der Waals surface area contributed by atoms with Crippen LogP contribution in [0.15, 0.2) is 53.4 Å². The third kappa shape index (κ3) is 6.21. The molecule has 0 aliphatic heterocycles. The highest BCUT2D eigenvalue weighted by atomic mass is 32.2. The van der Waals surface area contributed by atoms with Crippen molar-refractivity contribution in [3.05, 3.63) is 54.1 Å². The number of amides is 1. The summed E-state index contributed by atoms with van der Waals surface area (Å²) in [5.74, 6) is -0.674. The van der Waals surface area contributed by atoms with Crippen LogP contribution in [0, 0.1) is 0 Å². The fourth-order valence-corrected chi connectivity index (χ4v) is 3.58. The number of anilines is 1. The van der Waals surface area contributed by atoms with E-state index in [2.05, 4.69) is 10.0 Å². The van der Waals surface area contributed by atoms with Gasteiger partial charge < -0.3 is 14.8 Å². The summed E-state index contributed by atoms with van der Waals surface area (Å²) >= 11 is 0. The van der Waals surface area contributed by atoms with E-state index < -0.39 is 28.0 Å². The molecule has 1 unspecified atom stereocenters. The standard InChI is InChI=1S/C21H26N2O6S/c1-4-14-22-20(24)15(3)29-21(25)18-8-6-7-9-19(18)23-30(26,27)17-12-10-16(11-13-17)28-5-2/h6-13,15,23H,4-5,14H2,1-3H3,(H,22,24). The van der Waals surface area contributed by atoms with Crippen LogP contribution in [0.3, 0.4) is 0 Å². The highest BCUT2D eigenvalue weighted by molar-refractivity contribution is 7.92. The molecule has 0 heterocycles. The average Bonchev–Trinajstić information content (AvgIpc) is 2.72. The second kappa shape index (κ2) is 10.6. The van der Waals surface area contributed by atoms with Crippen molar-refractivity contribution in [1.82, 2.24) is 5.32 Å². The predicted octanol–water partition coefficient (Wildman–Crippen LogP) is 2.96. The van der Waals surface area contributed by atoms with Gasteiger partial charge in [0.05, 0.1) is 22.8 Å². The van der Waals surface area contributed by atoms with Crippen LogP contribution >= 0.6 is 0 Å². The highest BCUT2D eigenvalue weighted by Gasteiger charge is 2.23. The van der Waals surface area contributed by atoms with Crippen molar-refractivity contribution in [1.29, 1.82) is 0 Å². The fourth-order valence-electron chi connectivity index (χ4n) is 2.50. The van der Waals surface area contributed by atoms with Gasteiger partial charge in [0.1, 0.15) is 5.75 Å². The van der Waals surface area contributed by atoms with E-state index in [1.165, 1.54) is 31.2 Å². The maximum atomic E-state index is 12.7. The summed E-state index contributed by atoms with van der Waals surface area (Å²) < 4.78 is 38.4. The zero-order valence-electron chi connectivity index (χ0n) is 17.2. The van der Waals surface area contributed by atoms with Gasteiger partial charge in [0.2, 0.25) is 0 Å². The molecule has 0 aliphatic rings. The molecule has 0 radical (unpaired) electrons. The number of esters is 1. The van der Waals surface area contributed by atoms with Gasteiger partial charge in [-0.2, -0.15) is 0 Å². The molecule has 8 nitrogen and oxygen atoms in total. The molecule has 2 aromatic rings. The number of rotatable bonds is 10. The van der Waals surface area contributed by atoms with Crippen LogP contribution < -0.4 is 14.8 Å². The molecule has 9 heteroatoms. The molecule has 0 bridgehead atoms. The summed E-state index contributed by atoms with van der Waals surface area (Å²) in [4.78, 5) is 24.5. The van der Waals surface area contributed by atoms with E-state index >= 15 is 0 Å². The summed E-state index contributed by atoms with van der Waals surface area (Å²) in [6.45, 7) is 6.13. The Morgan fingerprint density at radius 1 is 1.03 bits per heavy atom. The minimum absolute atomic E-state index is 0.00199. The third-order valence-electron chi connectivity index (χ3n) is 4.04. The van der Waals surface area contributed by atoms with Crippen LogP contribution in [0.5, 0.6) is 5.75 Å². The second-order valence-corrected chi connectivity index (χ2v) is 8.08. The van der Waals surface area contributed by atoms with Crippen molar-refractivity contribution in [3.63, 3.8) is 0 Å². The number of benzene rings is 2. The van der Waals surface area contributed by atoms with Crippen LogP contribution in [-0.4, -0.2) is 39.5 Å². The lowest BCUT2D eigenvalue weighted by molar-refractivity contribution is -0.129. The maximum absolute atomic E-state index is 12.7. The molecule has 0 fully saturated rings. The molecule has 1 atom stereocenters. The Morgan fingerprint density at radius 2 is 1.70 bits per heavy atom. The number of hydrogen-bond acceptors (Lipinski definition) is 6. The van der Waals surface area contributed by atoms with Gasteiger partial charge >= 0.3 is 5.97 Å². The average molecular weight is 435 g/mol. The van der Waals surface area contributed by atoms with E-state index in [1.54, 1.807) is 24.3 Å². The van der Waals surface area contributed by atoms with Crippen LogP contribution in [0.25, 0.3) is 0 Å². The minimum atomic E-state index is -3.95. The molecular weight excluding hydrogens is 408 g/mol. The van der Waals surface area contributed by atoms with Crippen molar-refractivity contribution in [2.24, 2.45) is 0 Å². The molecule has 0 aromatic heterocycles. The van der Waals surface area contributed by atoms with E-state index in [1.807, 2.05) is 13.8 Å². The van der Waals surface area contributed by atoms with E-state index in [0.717, 1.165) is 6.42 Å². The van der Waals surface area contributed by atoms with Gasteiger partial charge in [-0.3, -0.25) is 9.52 Å². The third-order valence-corrected chi connectivity index (χ3v) is 5.42. The highest BCUT2D eigenvalue weighted by Crippen LogP contribution is 2.23. The number of hydrogen-bond donors (Lipinski definition) is 2. The Kier molecular flexibility index (Phi) is 8.23. The monoisotopic (exact) mass is 434 g/mol. The predicted molar refractivity (Wildman–Crippen MR) is 113 cm³/mol. The van der Waals surface area contributed by atoms with Crippen LogP contribution in [-0.2, 0) is 19.6 Å². The van der Waals surface area contributed by atoms with Crippen molar-refractivity contribution in [2.75, 3.05) is 17.9 Å². The molecule has 2 aromatic carbocycles. The Balaban J connectivity index is 2.17. The van der Waals surface area contributed by atoms with Crippen molar-refractivity contribution >= 4 is 27.6 Å². The number of carbonyl (C=O) groups is 2. The topological polar surface area (TPSA) is 111 Å². The zero-order chi connectivity index (χ0) is 22.1. The van der Waals surface area contributed by atoms with Crippen molar-refractivity contribution < 1.29 is 27.5 Å². The van der Waals surface area contributed by atoms with Crippen molar-refractivity contribution in [2.45, 2.75) is 38.2 Å². The molecule has 0 saturated heterocycles. The fraction of sp³-hybridized carbons (Fsp3) is 0.333. The molecule has 2 rings (SSSR count). The largest absolute Gasteiger partial charge is 0.494 e. The lowest BCUT2D eigenvalue weighted by Crippen LogP contribution is -2.36. The first kappa shape index (κ1) is 23.2. The second-order valence-electron chi connectivity index (χ2n) is 6.39. The first-order chi connectivity index (χ1) is 14.3. The van der Waals surface area contributed by atoms with Gasteiger partial charge in [0.15, 0.2) is 6.10 Å². The van der Waals surface area contributed by atoms with Crippen LogP contribution in [0.4, 0.5) is 5.69 Å².